The highest BCUT2D eigenvalue weighted by Gasteiger charge is 2.20. The van der Waals surface area contributed by atoms with Gasteiger partial charge in [0.05, 0.1) is 26.2 Å². The second kappa shape index (κ2) is 22.6. The smallest absolute Gasteiger partial charge is 0.217 e. The number of nitrogens with zero attached hydrogens (tertiary/aromatic N) is 1. The van der Waals surface area contributed by atoms with Crippen molar-refractivity contribution in [2.45, 2.75) is 124 Å². The molecule has 32 heavy (non-hydrogen) atoms. The van der Waals surface area contributed by atoms with Crippen LogP contribution in [0.25, 0.3) is 0 Å². The molecule has 0 saturated carbocycles. The van der Waals surface area contributed by atoms with Gasteiger partial charge in [-0.3, -0.25) is 9.08 Å². The molecule has 7 heteroatoms. The van der Waals surface area contributed by atoms with E-state index in [1.54, 1.807) is 4.90 Å². The van der Waals surface area contributed by atoms with Crippen molar-refractivity contribution in [3.8, 4) is 0 Å². The second-order valence-electron chi connectivity index (χ2n) is 9.25. The first-order chi connectivity index (χ1) is 15.4. The van der Waals surface area contributed by atoms with Crippen LogP contribution >= 0.6 is 0 Å². The van der Waals surface area contributed by atoms with Gasteiger partial charge in [0.25, 0.3) is 0 Å². The van der Waals surface area contributed by atoms with Crippen molar-refractivity contribution in [2.75, 3.05) is 39.5 Å². The van der Waals surface area contributed by atoms with Crippen molar-refractivity contribution in [1.29, 1.82) is 0 Å². The molecule has 6 nitrogen and oxygen atoms in total. The lowest BCUT2D eigenvalue weighted by atomic mass is 10.0. The third kappa shape index (κ3) is 23.0. The van der Waals surface area contributed by atoms with Crippen molar-refractivity contribution >= 4 is 10.4 Å². The van der Waals surface area contributed by atoms with E-state index in [-0.39, 0.29) is 6.61 Å². The molecule has 1 unspecified atom stereocenters. The summed E-state index contributed by atoms with van der Waals surface area (Å²) >= 11 is 0. The van der Waals surface area contributed by atoms with Crippen LogP contribution in [0.2, 0.25) is 0 Å². The first kappa shape index (κ1) is 31.8. The molecular formula is C25H54N2O4S. The summed E-state index contributed by atoms with van der Waals surface area (Å²) in [5.74, 6) is 0. The van der Waals surface area contributed by atoms with Crippen LogP contribution in [-0.2, 0) is 14.6 Å². The Hall–Kier alpha value is -0.210. The third-order valence-corrected chi connectivity index (χ3v) is 6.84. The van der Waals surface area contributed by atoms with Crippen LogP contribution in [0.3, 0.4) is 0 Å². The maximum Gasteiger partial charge on any atom is 0.217 e. The summed E-state index contributed by atoms with van der Waals surface area (Å²) in [5.41, 5.74) is 0. The fraction of sp³-hybridized carbons (Fsp3) is 1.00. The lowest BCUT2D eigenvalue weighted by molar-refractivity contribution is -0.889. The molecule has 1 rings (SSSR count). The van der Waals surface area contributed by atoms with Crippen molar-refractivity contribution < 1.29 is 22.1 Å². The minimum atomic E-state index is -4.42. The summed E-state index contributed by atoms with van der Waals surface area (Å²) in [4.78, 5) is 4.44. The molecule has 0 aromatic rings. The Bertz CT molecular complexity index is 488. The molecule has 0 aromatic carbocycles. The van der Waals surface area contributed by atoms with E-state index < -0.39 is 10.4 Å². The van der Waals surface area contributed by atoms with Gasteiger partial charge in [-0.05, 0) is 20.3 Å². The van der Waals surface area contributed by atoms with Crippen LogP contribution in [0, 0.1) is 0 Å². The molecule has 0 aromatic heterocycles. The zero-order valence-corrected chi connectivity index (χ0v) is 22.4. The Morgan fingerprint density at radius 1 is 0.750 bits per heavy atom. The predicted octanol–water partition coefficient (Wildman–Crippen LogP) is 4.91. The van der Waals surface area contributed by atoms with Crippen molar-refractivity contribution in [3.05, 3.63) is 0 Å². The van der Waals surface area contributed by atoms with Crippen LogP contribution in [0.4, 0.5) is 0 Å². The van der Waals surface area contributed by atoms with Gasteiger partial charge in [-0.1, -0.05) is 103 Å². The third-order valence-electron chi connectivity index (χ3n) is 6.32. The molecule has 0 amide bonds. The molecule has 1 aliphatic heterocycles. The topological polar surface area (TPSA) is 74.1 Å². The number of unbranched alkanes of at least 4 members (excludes halogenated alkanes) is 15. The average molecular weight is 479 g/mol. The first-order valence-corrected chi connectivity index (χ1v) is 14.9. The van der Waals surface area contributed by atoms with Gasteiger partial charge in [-0.2, -0.15) is 0 Å². The number of rotatable bonds is 20. The second-order valence-corrected chi connectivity index (χ2v) is 10.3. The van der Waals surface area contributed by atoms with Crippen molar-refractivity contribution in [3.63, 3.8) is 0 Å². The number of nitrogens with one attached hydrogen (secondary N) is 1. The van der Waals surface area contributed by atoms with E-state index in [2.05, 4.69) is 22.9 Å². The minimum Gasteiger partial charge on any atom is -0.726 e. The van der Waals surface area contributed by atoms with Gasteiger partial charge in [-0.15, -0.1) is 0 Å². The van der Waals surface area contributed by atoms with Crippen molar-refractivity contribution in [2.24, 2.45) is 0 Å². The molecule has 0 aliphatic carbocycles. The summed E-state index contributed by atoms with van der Waals surface area (Å²) in [6.07, 6.45) is 23.5. The number of quaternary nitrogens is 1. The Morgan fingerprint density at radius 2 is 1.19 bits per heavy atom. The lowest BCUT2D eigenvalue weighted by Gasteiger charge is -2.13. The summed E-state index contributed by atoms with van der Waals surface area (Å²) < 4.78 is 32.0. The zero-order chi connectivity index (χ0) is 23.9. The normalized spacial score (nSPS) is 16.8. The molecular weight excluding hydrogens is 424 g/mol. The first-order valence-electron chi connectivity index (χ1n) is 13.6. The van der Waals surface area contributed by atoms with Gasteiger partial charge in [0, 0.05) is 6.54 Å². The fourth-order valence-corrected chi connectivity index (χ4v) is 4.59. The molecule has 0 bridgehead atoms. The van der Waals surface area contributed by atoms with Gasteiger partial charge in [0.1, 0.15) is 6.67 Å². The fourth-order valence-electron chi connectivity index (χ4n) is 4.30. The van der Waals surface area contributed by atoms with Crippen molar-refractivity contribution in [1.82, 2.24) is 4.90 Å². The Kier molecular flexibility index (Phi) is 22.4. The molecule has 1 aliphatic rings. The van der Waals surface area contributed by atoms with Gasteiger partial charge in [0.2, 0.25) is 10.4 Å². The van der Waals surface area contributed by atoms with E-state index in [1.807, 2.05) is 0 Å². The molecule has 0 radical (unpaired) electrons. The highest BCUT2D eigenvalue weighted by atomic mass is 32.3. The van der Waals surface area contributed by atoms with Gasteiger partial charge < -0.3 is 9.45 Å². The zero-order valence-electron chi connectivity index (χ0n) is 21.5. The standard InChI is InChI=1S/C23H48N2.C2H6O4S/c1-3-5-6-7-8-9-10-11-12-13-14-15-16-17-18-19-20-25-22-21-24(4-2)23-25;1-2-6-7(3,4)5/h3-23H2,1-2H3;2H2,1H3,(H,3,4,5). The van der Waals surface area contributed by atoms with E-state index in [9.17, 15) is 13.0 Å². The van der Waals surface area contributed by atoms with Crippen LogP contribution in [-0.4, -0.2) is 57.3 Å². The monoisotopic (exact) mass is 478 g/mol. The van der Waals surface area contributed by atoms with Gasteiger partial charge in [-0.25, -0.2) is 8.42 Å². The SMILES string of the molecule is CCCCCCCCCCCCCCCCCCN1CC[NH+](CC)C1.CCOS(=O)(=O)[O-]. The summed E-state index contributed by atoms with van der Waals surface area (Å²) in [5, 5.41) is 0. The summed E-state index contributed by atoms with van der Waals surface area (Å²) in [7, 11) is -4.42. The number of hydrogen-bond donors (Lipinski definition) is 1. The van der Waals surface area contributed by atoms with Crippen LogP contribution in [0.15, 0.2) is 0 Å². The largest absolute Gasteiger partial charge is 0.726 e. The highest BCUT2D eigenvalue weighted by molar-refractivity contribution is 7.80. The summed E-state index contributed by atoms with van der Waals surface area (Å²) in [6, 6.07) is 0. The lowest BCUT2D eigenvalue weighted by Crippen LogP contribution is -3.10. The van der Waals surface area contributed by atoms with Crippen LogP contribution in [0.5, 0.6) is 0 Å². The van der Waals surface area contributed by atoms with E-state index in [0.29, 0.717) is 0 Å². The molecule has 0 spiro atoms. The van der Waals surface area contributed by atoms with E-state index >= 15 is 0 Å². The minimum absolute atomic E-state index is 0.0914. The molecule has 1 N–H and O–H groups in total. The molecule has 1 fully saturated rings. The predicted molar refractivity (Wildman–Crippen MR) is 134 cm³/mol. The number of hydrogen-bond acceptors (Lipinski definition) is 5. The quantitative estimate of drug-likeness (QED) is 0.153. The Balaban J connectivity index is 0.00000118. The van der Waals surface area contributed by atoms with Crippen LogP contribution in [0.1, 0.15) is 124 Å². The maximum absolute atomic E-state index is 9.45. The van der Waals surface area contributed by atoms with E-state index in [1.165, 1.54) is 143 Å². The Morgan fingerprint density at radius 3 is 1.50 bits per heavy atom. The molecule has 1 heterocycles. The van der Waals surface area contributed by atoms with E-state index in [0.717, 1.165) is 0 Å². The van der Waals surface area contributed by atoms with E-state index in [4.69, 9.17) is 0 Å². The van der Waals surface area contributed by atoms with Gasteiger partial charge >= 0.3 is 0 Å². The molecule has 1 saturated heterocycles. The van der Waals surface area contributed by atoms with Crippen LogP contribution < -0.4 is 4.90 Å². The molecule has 1 atom stereocenters. The summed E-state index contributed by atoms with van der Waals surface area (Å²) in [6.45, 7) is 12.6. The number of likely N-dealkylation sites (N-methyl/N-ethyl adjacent to an activating group) is 1. The molecule has 194 valence electrons. The van der Waals surface area contributed by atoms with Gasteiger partial charge in [0.15, 0.2) is 0 Å². The Labute approximate surface area is 200 Å². The maximum atomic E-state index is 9.45. The highest BCUT2D eigenvalue weighted by Crippen LogP contribution is 2.13. The average Bonchev–Trinajstić information content (AvgIpc) is 3.21.